The zero-order valence-electron chi connectivity index (χ0n) is 36.9. The summed E-state index contributed by atoms with van der Waals surface area (Å²) in [6.07, 6.45) is 14.4. The van der Waals surface area contributed by atoms with Gasteiger partial charge >= 0.3 is 6.09 Å². The van der Waals surface area contributed by atoms with Gasteiger partial charge in [-0.2, -0.15) is 0 Å². The topological polar surface area (TPSA) is 86.2 Å². The normalized spacial score (nSPS) is 28.7. The van der Waals surface area contributed by atoms with Crippen LogP contribution in [0.1, 0.15) is 122 Å². The van der Waals surface area contributed by atoms with Crippen LogP contribution in [0.4, 0.5) is 4.79 Å². The third kappa shape index (κ3) is 8.84. The van der Waals surface area contributed by atoms with Crippen molar-refractivity contribution in [3.05, 3.63) is 107 Å². The van der Waals surface area contributed by atoms with Crippen molar-refractivity contribution < 1.29 is 28.8 Å². The largest absolute Gasteiger partial charge is 0.497 e. The average Bonchev–Trinajstić information content (AvgIpc) is 3.61. The van der Waals surface area contributed by atoms with Gasteiger partial charge in [0.05, 0.1) is 26.9 Å². The maximum absolute atomic E-state index is 13.3. The van der Waals surface area contributed by atoms with Gasteiger partial charge < -0.3 is 29.4 Å². The van der Waals surface area contributed by atoms with Crippen LogP contribution < -0.4 is 14.8 Å². The third-order valence-corrected chi connectivity index (χ3v) is 15.7. The van der Waals surface area contributed by atoms with E-state index in [1.165, 1.54) is 56.9 Å². The molecule has 0 saturated heterocycles. The van der Waals surface area contributed by atoms with Gasteiger partial charge in [-0.05, 0) is 132 Å². The molecule has 3 aromatic rings. The van der Waals surface area contributed by atoms with Gasteiger partial charge in [0.1, 0.15) is 23.2 Å². The lowest BCUT2D eigenvalue weighted by atomic mass is 9.47. The highest BCUT2D eigenvalue weighted by Crippen LogP contribution is 2.67. The number of carbonyl (C=O) groups is 1. The first kappa shape index (κ1) is 43.3. The molecule has 0 bridgehead atoms. The van der Waals surface area contributed by atoms with Crippen LogP contribution in [-0.4, -0.2) is 50.8 Å². The van der Waals surface area contributed by atoms with Crippen molar-refractivity contribution in [2.24, 2.45) is 46.3 Å². The molecule has 0 aliphatic heterocycles. The lowest BCUT2D eigenvalue weighted by Crippen LogP contribution is -2.51. The summed E-state index contributed by atoms with van der Waals surface area (Å²) >= 11 is 0. The molecule has 0 heterocycles. The Morgan fingerprint density at radius 1 is 0.814 bits per heavy atom. The number of ether oxygens (including phenoxy) is 4. The number of rotatable bonds is 16. The van der Waals surface area contributed by atoms with Gasteiger partial charge in [-0.25, -0.2) is 4.79 Å². The second kappa shape index (κ2) is 18.4. The molecule has 320 valence electrons. The minimum Gasteiger partial charge on any atom is -0.497 e. The molecular weight excluding hydrogens is 735 g/mol. The molecule has 0 aromatic heterocycles. The molecule has 7 nitrogen and oxygen atoms in total. The molecule has 59 heavy (non-hydrogen) atoms. The summed E-state index contributed by atoms with van der Waals surface area (Å²) < 4.78 is 23.9. The SMILES string of the molecule is COc1ccc(C(OCC(O)CNC(=O)O[C@@H]2CC[C@]3(C)C(=CCC4C3CC[C@]3(C)C4CC[C@H]3[C@@H](C)CCCC(C)C)C2)(c2ccccc2)c2ccc(OC)cc2)cc1. The fourth-order valence-electron chi connectivity index (χ4n) is 12.5. The molecule has 9 atom stereocenters. The van der Waals surface area contributed by atoms with E-state index in [1.807, 2.05) is 78.9 Å². The summed E-state index contributed by atoms with van der Waals surface area (Å²) in [4.78, 5) is 13.3. The van der Waals surface area contributed by atoms with Crippen LogP contribution >= 0.6 is 0 Å². The summed E-state index contributed by atoms with van der Waals surface area (Å²) in [7, 11) is 3.29. The van der Waals surface area contributed by atoms with Crippen LogP contribution in [0.5, 0.6) is 11.5 Å². The third-order valence-electron chi connectivity index (χ3n) is 15.7. The van der Waals surface area contributed by atoms with Crippen molar-refractivity contribution in [2.45, 2.75) is 123 Å². The molecule has 4 unspecified atom stereocenters. The highest BCUT2D eigenvalue weighted by atomic mass is 16.6. The number of benzene rings is 3. The van der Waals surface area contributed by atoms with Gasteiger partial charge in [-0.15, -0.1) is 0 Å². The maximum atomic E-state index is 13.3. The van der Waals surface area contributed by atoms with Gasteiger partial charge in [0.15, 0.2) is 0 Å². The Morgan fingerprint density at radius 3 is 2.08 bits per heavy atom. The van der Waals surface area contributed by atoms with E-state index in [0.717, 1.165) is 83.0 Å². The summed E-state index contributed by atoms with van der Waals surface area (Å²) in [5, 5.41) is 14.2. The lowest BCUT2D eigenvalue weighted by Gasteiger charge is -2.58. The average molecular weight is 806 g/mol. The maximum Gasteiger partial charge on any atom is 0.407 e. The number of nitrogens with one attached hydrogen (secondary N) is 1. The molecule has 1 amide bonds. The number of carbonyl (C=O) groups excluding carboxylic acids is 1. The molecule has 4 aliphatic carbocycles. The molecule has 3 fully saturated rings. The Balaban J connectivity index is 0.965. The zero-order valence-corrected chi connectivity index (χ0v) is 36.9. The van der Waals surface area contributed by atoms with E-state index in [4.69, 9.17) is 18.9 Å². The van der Waals surface area contributed by atoms with Crippen LogP contribution in [0.15, 0.2) is 90.5 Å². The first-order chi connectivity index (χ1) is 28.4. The van der Waals surface area contributed by atoms with Crippen LogP contribution in [0, 0.1) is 46.3 Å². The zero-order chi connectivity index (χ0) is 41.8. The molecule has 7 heteroatoms. The second-order valence-electron chi connectivity index (χ2n) is 19.4. The number of allylic oxidation sites excluding steroid dienone is 1. The highest BCUT2D eigenvalue weighted by molar-refractivity contribution is 5.67. The van der Waals surface area contributed by atoms with E-state index in [9.17, 15) is 9.90 Å². The first-order valence-electron chi connectivity index (χ1n) is 22.7. The first-order valence-corrected chi connectivity index (χ1v) is 22.7. The highest BCUT2D eigenvalue weighted by Gasteiger charge is 2.59. The van der Waals surface area contributed by atoms with Gasteiger partial charge in [0.25, 0.3) is 0 Å². The van der Waals surface area contributed by atoms with Gasteiger partial charge in [-0.1, -0.05) is 120 Å². The molecule has 4 aliphatic rings. The van der Waals surface area contributed by atoms with Crippen molar-refractivity contribution >= 4 is 6.09 Å². The van der Waals surface area contributed by atoms with Gasteiger partial charge in [-0.3, -0.25) is 0 Å². The monoisotopic (exact) mass is 806 g/mol. The van der Waals surface area contributed by atoms with Crippen molar-refractivity contribution in [1.29, 1.82) is 0 Å². The Bertz CT molecular complexity index is 1810. The predicted octanol–water partition coefficient (Wildman–Crippen LogP) is 11.5. The van der Waals surface area contributed by atoms with Gasteiger partial charge in [0, 0.05) is 13.0 Å². The Hall–Kier alpha value is -3.81. The van der Waals surface area contributed by atoms with E-state index in [1.54, 1.807) is 14.2 Å². The quantitative estimate of drug-likeness (QED) is 0.111. The molecule has 3 saturated carbocycles. The summed E-state index contributed by atoms with van der Waals surface area (Å²) in [6, 6.07) is 25.6. The fraction of sp³-hybridized carbons (Fsp3) is 0.596. The van der Waals surface area contributed by atoms with E-state index in [0.29, 0.717) is 5.41 Å². The summed E-state index contributed by atoms with van der Waals surface area (Å²) in [5.74, 6) is 6.27. The van der Waals surface area contributed by atoms with E-state index in [-0.39, 0.29) is 24.7 Å². The second-order valence-corrected chi connectivity index (χ2v) is 19.4. The Kier molecular flexibility index (Phi) is 13.5. The minimum absolute atomic E-state index is 0.00328. The fourth-order valence-corrected chi connectivity index (χ4v) is 12.5. The Labute approximate surface area is 354 Å². The molecular formula is C52H71NO6. The minimum atomic E-state index is -1.06. The number of amides is 1. The van der Waals surface area contributed by atoms with Crippen LogP contribution in [0.3, 0.4) is 0 Å². The van der Waals surface area contributed by atoms with Gasteiger partial charge in [0.2, 0.25) is 0 Å². The smallest absolute Gasteiger partial charge is 0.407 e. The molecule has 0 radical (unpaired) electrons. The molecule has 0 spiro atoms. The van der Waals surface area contributed by atoms with Crippen LogP contribution in [-0.2, 0) is 15.1 Å². The molecule has 2 N–H and O–H groups in total. The standard InChI is InChI=1S/C52H71NO6/c1-35(2)12-11-13-36(3)46-26-27-47-45-25-20-40-32-44(28-30-50(40,4)48(45)29-31-51(46,47)5)59-49(55)53-33-41(54)34-58-52(37-14-9-8-10-15-37,38-16-21-42(56-6)22-17-38)39-18-23-43(57-7)24-19-39/h8-10,14-24,35-36,41,44-48,54H,11-13,25-34H2,1-7H3,(H,53,55)/t36-,41?,44+,45?,46-,47?,48?,50+,51-/m0/s1. The number of aliphatic hydroxyl groups excluding tert-OH is 1. The summed E-state index contributed by atoms with van der Waals surface area (Å²) in [6.45, 7) is 12.4. The van der Waals surface area contributed by atoms with Crippen molar-refractivity contribution in [3.63, 3.8) is 0 Å². The van der Waals surface area contributed by atoms with Crippen LogP contribution in [0.25, 0.3) is 0 Å². The summed E-state index contributed by atoms with van der Waals surface area (Å²) in [5.41, 5.74) is 3.75. The number of methoxy groups -OCH3 is 2. The number of hydrogen-bond donors (Lipinski definition) is 2. The lowest BCUT2D eigenvalue weighted by molar-refractivity contribution is -0.0584. The van der Waals surface area contributed by atoms with Crippen molar-refractivity contribution in [3.8, 4) is 11.5 Å². The number of fused-ring (bicyclic) bond motifs is 5. The number of alkyl carbamates (subject to hydrolysis) is 1. The number of hydrogen-bond acceptors (Lipinski definition) is 6. The number of aliphatic hydroxyl groups is 1. The van der Waals surface area contributed by atoms with E-state index in [2.05, 4.69) is 46.0 Å². The Morgan fingerprint density at radius 2 is 1.46 bits per heavy atom. The molecule has 3 aromatic carbocycles. The predicted molar refractivity (Wildman–Crippen MR) is 236 cm³/mol. The van der Waals surface area contributed by atoms with Crippen molar-refractivity contribution in [2.75, 3.05) is 27.4 Å². The van der Waals surface area contributed by atoms with Crippen molar-refractivity contribution in [1.82, 2.24) is 5.32 Å². The molecule has 7 rings (SSSR count). The van der Waals surface area contributed by atoms with E-state index >= 15 is 0 Å². The van der Waals surface area contributed by atoms with Crippen LogP contribution in [0.2, 0.25) is 0 Å². The van der Waals surface area contributed by atoms with E-state index < -0.39 is 17.8 Å².